The van der Waals surface area contributed by atoms with Gasteiger partial charge in [-0.05, 0) is 55.7 Å². The molecular weight excluding hydrogens is 430 g/mol. The van der Waals surface area contributed by atoms with Gasteiger partial charge in [0, 0.05) is 51.3 Å². The van der Waals surface area contributed by atoms with Crippen LogP contribution >= 0.6 is 12.4 Å². The summed E-state index contributed by atoms with van der Waals surface area (Å²) in [6.45, 7) is 9.82. The molecule has 0 aromatic heterocycles. The molecule has 2 aliphatic heterocycles. The van der Waals surface area contributed by atoms with E-state index in [1.54, 1.807) is 0 Å². The Labute approximate surface area is 197 Å². The van der Waals surface area contributed by atoms with Gasteiger partial charge < -0.3 is 10.4 Å². The largest absolute Gasteiger partial charge is 0.412 e. The molecule has 1 saturated carbocycles. The summed E-state index contributed by atoms with van der Waals surface area (Å²) in [6.07, 6.45) is 6.05. The number of halogens is 1. The minimum Gasteiger partial charge on any atom is -0.412 e. The van der Waals surface area contributed by atoms with Crippen LogP contribution in [0.15, 0.2) is 18.2 Å². The molecule has 1 aromatic rings. The third-order valence-corrected chi connectivity index (χ3v) is 7.30. The number of benzene rings is 1. The third kappa shape index (κ3) is 5.81. The standard InChI is InChI=1S/C24H35N3O3.ClH.H2O/c1-19-7-5-8-21(20(19)2)26-14-12-25(13-15-26)11-6-16-30-27-22(28)17-24(18-23(27)29)9-3-4-10-24;;/h5,7-8H,3-4,6,9-18H2,1-2H3;1H;1H2. The molecule has 0 unspecified atom stereocenters. The van der Waals surface area contributed by atoms with E-state index in [1.165, 1.54) is 16.8 Å². The Bertz CT molecular complexity index is 769. The Kier molecular flexibility index (Phi) is 9.52. The summed E-state index contributed by atoms with van der Waals surface area (Å²) in [5.41, 5.74) is 3.99. The molecule has 2 amide bonds. The monoisotopic (exact) mass is 467 g/mol. The number of imide groups is 1. The number of nitrogens with zero attached hydrogens (tertiary/aromatic N) is 3. The van der Waals surface area contributed by atoms with Crippen molar-refractivity contribution >= 4 is 29.9 Å². The van der Waals surface area contributed by atoms with Crippen molar-refractivity contribution in [1.29, 1.82) is 0 Å². The Morgan fingerprint density at radius 3 is 2.22 bits per heavy atom. The van der Waals surface area contributed by atoms with Gasteiger partial charge in [0.1, 0.15) is 0 Å². The van der Waals surface area contributed by atoms with Crippen molar-refractivity contribution in [3.05, 3.63) is 29.3 Å². The number of carbonyl (C=O) groups is 2. The van der Waals surface area contributed by atoms with Crippen molar-refractivity contribution in [3.63, 3.8) is 0 Å². The van der Waals surface area contributed by atoms with Crippen LogP contribution in [0.1, 0.15) is 56.1 Å². The maximum absolute atomic E-state index is 12.4. The van der Waals surface area contributed by atoms with Crippen LogP contribution in [0, 0.1) is 19.3 Å². The van der Waals surface area contributed by atoms with Gasteiger partial charge in [0.25, 0.3) is 11.8 Å². The van der Waals surface area contributed by atoms with Crippen LogP contribution in [0.4, 0.5) is 5.69 Å². The van der Waals surface area contributed by atoms with E-state index in [2.05, 4.69) is 41.8 Å². The van der Waals surface area contributed by atoms with E-state index in [4.69, 9.17) is 4.84 Å². The maximum Gasteiger partial charge on any atom is 0.254 e. The number of rotatable bonds is 6. The van der Waals surface area contributed by atoms with Crippen molar-refractivity contribution in [2.75, 3.05) is 44.2 Å². The van der Waals surface area contributed by atoms with Crippen molar-refractivity contribution < 1.29 is 19.9 Å². The summed E-state index contributed by atoms with van der Waals surface area (Å²) in [6, 6.07) is 6.52. The molecule has 1 aliphatic carbocycles. The minimum absolute atomic E-state index is 0. The molecule has 3 aliphatic rings. The van der Waals surface area contributed by atoms with Gasteiger partial charge in [-0.25, -0.2) is 0 Å². The first-order chi connectivity index (χ1) is 14.5. The molecule has 0 atom stereocenters. The molecule has 2 N–H and O–H groups in total. The SMILES string of the molecule is Cc1cccc(N2CCN(CCCON3C(=O)CC4(CCCC4)CC3=O)CC2)c1C.Cl.O. The number of piperazine rings is 1. The molecule has 2 saturated heterocycles. The summed E-state index contributed by atoms with van der Waals surface area (Å²) in [5, 5.41) is 1.06. The van der Waals surface area contributed by atoms with Crippen LogP contribution in [0.3, 0.4) is 0 Å². The van der Waals surface area contributed by atoms with Gasteiger partial charge in [0.15, 0.2) is 0 Å². The first-order valence-electron chi connectivity index (χ1n) is 11.5. The van der Waals surface area contributed by atoms with Crippen molar-refractivity contribution in [1.82, 2.24) is 9.96 Å². The molecule has 7 nitrogen and oxygen atoms in total. The van der Waals surface area contributed by atoms with Gasteiger partial charge in [0.2, 0.25) is 0 Å². The molecule has 8 heteroatoms. The molecule has 3 fully saturated rings. The number of piperidine rings is 1. The Hall–Kier alpha value is -1.67. The number of hydrogen-bond acceptors (Lipinski definition) is 5. The van der Waals surface area contributed by atoms with Crippen molar-refractivity contribution in [3.8, 4) is 0 Å². The summed E-state index contributed by atoms with van der Waals surface area (Å²) in [4.78, 5) is 35.4. The van der Waals surface area contributed by atoms with E-state index in [-0.39, 0.29) is 35.1 Å². The zero-order valence-electron chi connectivity index (χ0n) is 19.4. The molecule has 0 bridgehead atoms. The fourth-order valence-electron chi connectivity index (χ4n) is 5.34. The second kappa shape index (κ2) is 11.5. The molecule has 1 aromatic carbocycles. The second-order valence-electron chi connectivity index (χ2n) is 9.38. The fourth-order valence-corrected chi connectivity index (χ4v) is 5.34. The third-order valence-electron chi connectivity index (χ3n) is 7.30. The number of aryl methyl sites for hydroxylation is 1. The Morgan fingerprint density at radius 2 is 1.59 bits per heavy atom. The number of anilines is 1. The van der Waals surface area contributed by atoms with Crippen LogP contribution in [0.5, 0.6) is 0 Å². The minimum atomic E-state index is -0.143. The first-order valence-corrected chi connectivity index (χ1v) is 11.5. The highest BCUT2D eigenvalue weighted by atomic mass is 35.5. The fraction of sp³-hybridized carbons (Fsp3) is 0.667. The van der Waals surface area contributed by atoms with Gasteiger partial charge in [-0.15, -0.1) is 12.4 Å². The lowest BCUT2D eigenvalue weighted by Crippen LogP contribution is -2.48. The number of carbonyl (C=O) groups excluding carboxylic acids is 2. The maximum atomic E-state index is 12.4. The summed E-state index contributed by atoms with van der Waals surface area (Å²) >= 11 is 0. The molecule has 4 rings (SSSR count). The van der Waals surface area contributed by atoms with E-state index >= 15 is 0 Å². The first kappa shape index (κ1) is 26.6. The molecule has 0 radical (unpaired) electrons. The number of hydrogen-bond donors (Lipinski definition) is 0. The normalized spacial score (nSPS) is 20.9. The summed E-state index contributed by atoms with van der Waals surface area (Å²) < 4.78 is 0. The van der Waals surface area contributed by atoms with Gasteiger partial charge in [-0.3, -0.25) is 19.3 Å². The molecular formula is C24H38ClN3O4. The lowest BCUT2D eigenvalue weighted by molar-refractivity contribution is -0.205. The van der Waals surface area contributed by atoms with Crippen molar-refractivity contribution in [2.45, 2.75) is 58.8 Å². The summed E-state index contributed by atoms with van der Waals surface area (Å²) in [5.74, 6) is -0.287. The van der Waals surface area contributed by atoms with E-state index in [9.17, 15) is 9.59 Å². The Balaban J connectivity index is 0.00000181. The van der Waals surface area contributed by atoms with Crippen LogP contribution < -0.4 is 4.90 Å². The smallest absolute Gasteiger partial charge is 0.254 e. The zero-order chi connectivity index (χ0) is 21.1. The number of hydroxylamine groups is 2. The van der Waals surface area contributed by atoms with Gasteiger partial charge >= 0.3 is 0 Å². The topological polar surface area (TPSA) is 84.6 Å². The lowest BCUT2D eigenvalue weighted by atomic mass is 9.77. The van der Waals surface area contributed by atoms with Crippen LogP contribution in [0.2, 0.25) is 0 Å². The highest BCUT2D eigenvalue weighted by Gasteiger charge is 2.45. The second-order valence-corrected chi connectivity index (χ2v) is 9.38. The van der Waals surface area contributed by atoms with E-state index in [1.807, 2.05) is 0 Å². The van der Waals surface area contributed by atoms with Gasteiger partial charge in [-0.2, -0.15) is 5.06 Å². The average Bonchev–Trinajstić information content (AvgIpc) is 3.17. The molecule has 1 spiro atoms. The average molecular weight is 468 g/mol. The molecule has 180 valence electrons. The predicted octanol–water partition coefficient (Wildman–Crippen LogP) is 3.05. The summed E-state index contributed by atoms with van der Waals surface area (Å²) in [7, 11) is 0. The van der Waals surface area contributed by atoms with E-state index in [0.717, 1.165) is 69.9 Å². The quantitative estimate of drug-likeness (QED) is 0.474. The highest BCUT2D eigenvalue weighted by molar-refractivity contribution is 5.97. The van der Waals surface area contributed by atoms with Crippen LogP contribution in [0.25, 0.3) is 0 Å². The zero-order valence-corrected chi connectivity index (χ0v) is 20.2. The van der Waals surface area contributed by atoms with Crippen molar-refractivity contribution in [2.24, 2.45) is 5.41 Å². The lowest BCUT2D eigenvalue weighted by Gasteiger charge is -2.37. The molecule has 32 heavy (non-hydrogen) atoms. The van der Waals surface area contributed by atoms with E-state index < -0.39 is 0 Å². The van der Waals surface area contributed by atoms with Gasteiger partial charge in [0.05, 0.1) is 6.61 Å². The van der Waals surface area contributed by atoms with Crippen LogP contribution in [-0.2, 0) is 14.4 Å². The van der Waals surface area contributed by atoms with Crippen LogP contribution in [-0.4, -0.2) is 66.6 Å². The Morgan fingerprint density at radius 1 is 0.969 bits per heavy atom. The van der Waals surface area contributed by atoms with E-state index in [0.29, 0.717) is 19.4 Å². The van der Waals surface area contributed by atoms with Gasteiger partial charge in [-0.1, -0.05) is 25.0 Å². The number of amides is 2. The highest BCUT2D eigenvalue weighted by Crippen LogP contribution is 2.46. The predicted molar refractivity (Wildman–Crippen MR) is 128 cm³/mol. The molecule has 2 heterocycles.